The minimum absolute atomic E-state index is 0.0158. The summed E-state index contributed by atoms with van der Waals surface area (Å²) in [4.78, 5) is 36.9. The first-order valence-corrected chi connectivity index (χ1v) is 13.7. The van der Waals surface area contributed by atoms with Crippen LogP contribution in [-0.2, 0) is 9.59 Å². The topological polar surface area (TPSA) is 107 Å². The summed E-state index contributed by atoms with van der Waals surface area (Å²) in [6, 6.07) is 0.225. The number of fused-ring (bicyclic) bond motifs is 2. The molecule has 38 heavy (non-hydrogen) atoms. The number of anilines is 1. The highest BCUT2D eigenvalue weighted by Crippen LogP contribution is 2.39. The Bertz CT molecular complexity index is 1100. The number of alkyl halides is 2. The lowest BCUT2D eigenvalue weighted by atomic mass is 10.0. The quantitative estimate of drug-likeness (QED) is 0.220. The summed E-state index contributed by atoms with van der Waals surface area (Å²) < 4.78 is 28.5. The summed E-state index contributed by atoms with van der Waals surface area (Å²) in [5.41, 5.74) is -1.50. The highest BCUT2D eigenvalue weighted by atomic mass is 32.1. The molecule has 208 valence electrons. The number of nitrogens with one attached hydrogen (secondary N) is 2. The van der Waals surface area contributed by atoms with E-state index in [0.717, 1.165) is 38.5 Å². The van der Waals surface area contributed by atoms with Crippen molar-refractivity contribution in [3.05, 3.63) is 23.4 Å². The molecular weight excluding hydrogens is 512 g/mol. The number of carbonyl (C=O) groups excluding carboxylic acids is 2. The van der Waals surface area contributed by atoms with Crippen molar-refractivity contribution in [3.63, 3.8) is 0 Å². The Kier molecular flexibility index (Phi) is 8.46. The molecule has 0 spiro atoms. The van der Waals surface area contributed by atoms with Crippen LogP contribution < -0.4 is 10.6 Å². The van der Waals surface area contributed by atoms with Gasteiger partial charge in [0.1, 0.15) is 5.82 Å². The van der Waals surface area contributed by atoms with Crippen LogP contribution in [0.3, 0.4) is 0 Å². The maximum absolute atomic E-state index is 14.2. The molecule has 8 nitrogen and oxygen atoms in total. The van der Waals surface area contributed by atoms with Crippen molar-refractivity contribution >= 4 is 40.4 Å². The average Bonchev–Trinajstić information content (AvgIpc) is 3.55. The molecule has 0 radical (unpaired) electrons. The molecule has 2 aliphatic heterocycles. The molecule has 2 bridgehead atoms. The zero-order chi connectivity index (χ0) is 27.8. The predicted molar refractivity (Wildman–Crippen MR) is 146 cm³/mol. The Labute approximate surface area is 227 Å². The summed E-state index contributed by atoms with van der Waals surface area (Å²) in [5, 5.41) is 15.7. The molecular formula is C27H37F2N5O3S. The van der Waals surface area contributed by atoms with E-state index in [-0.39, 0.29) is 52.3 Å². The van der Waals surface area contributed by atoms with Crippen LogP contribution in [-0.4, -0.2) is 73.7 Å². The monoisotopic (exact) mass is 549 g/mol. The molecule has 2 amide bonds. The van der Waals surface area contributed by atoms with Gasteiger partial charge < -0.3 is 20.6 Å². The second-order valence-corrected chi connectivity index (χ2v) is 11.9. The minimum atomic E-state index is -2.85. The van der Waals surface area contributed by atoms with Gasteiger partial charge >= 0.3 is 0 Å². The maximum atomic E-state index is 14.2. The third-order valence-corrected chi connectivity index (χ3v) is 8.11. The van der Waals surface area contributed by atoms with Gasteiger partial charge in [0.05, 0.1) is 16.2 Å². The number of amides is 2. The Morgan fingerprint density at radius 3 is 2.34 bits per heavy atom. The van der Waals surface area contributed by atoms with E-state index in [9.17, 15) is 23.5 Å². The molecule has 0 aromatic carbocycles. The van der Waals surface area contributed by atoms with Crippen LogP contribution in [0.1, 0.15) is 83.8 Å². The lowest BCUT2D eigenvalue weighted by molar-refractivity contribution is -0.132. The van der Waals surface area contributed by atoms with Crippen molar-refractivity contribution in [2.75, 3.05) is 11.9 Å². The second-order valence-electron chi connectivity index (χ2n) is 11.4. The van der Waals surface area contributed by atoms with Gasteiger partial charge in [0.2, 0.25) is 0 Å². The summed E-state index contributed by atoms with van der Waals surface area (Å²) >= 11 is 5.65. The van der Waals surface area contributed by atoms with E-state index in [2.05, 4.69) is 20.6 Å². The van der Waals surface area contributed by atoms with Gasteiger partial charge in [-0.05, 0) is 78.2 Å². The summed E-state index contributed by atoms with van der Waals surface area (Å²) in [6.07, 6.45) is 4.16. The molecule has 1 unspecified atom stereocenters. The largest absolute Gasteiger partial charge is 0.389 e. The zero-order valence-electron chi connectivity index (χ0n) is 22.3. The lowest BCUT2D eigenvalue weighted by Crippen LogP contribution is -2.46. The third kappa shape index (κ3) is 6.54. The van der Waals surface area contributed by atoms with E-state index >= 15 is 0 Å². The van der Waals surface area contributed by atoms with Crippen molar-refractivity contribution in [2.24, 2.45) is 10.9 Å². The second kappa shape index (κ2) is 11.3. The van der Waals surface area contributed by atoms with Crippen LogP contribution in [0, 0.1) is 5.92 Å². The van der Waals surface area contributed by atoms with Crippen LogP contribution >= 0.6 is 12.2 Å². The first-order chi connectivity index (χ1) is 17.9. The van der Waals surface area contributed by atoms with Crippen molar-refractivity contribution in [1.29, 1.82) is 0 Å². The lowest BCUT2D eigenvalue weighted by Gasteiger charge is -2.27. The van der Waals surface area contributed by atoms with Crippen molar-refractivity contribution < 1.29 is 23.5 Å². The Morgan fingerprint density at radius 1 is 1.21 bits per heavy atom. The van der Waals surface area contributed by atoms with Gasteiger partial charge in [-0.15, -0.1) is 0 Å². The number of aliphatic imine (C=N–C) groups is 1. The Hall–Kier alpha value is -2.53. The van der Waals surface area contributed by atoms with Gasteiger partial charge in [0.15, 0.2) is 6.04 Å². The SMILES string of the molecule is C/C(=N\C(C(=O)N1C2CCC1CC2)C(=S)c1cnc(N[C@@H](C)C2CC2)cc1C(F)F)C(=O)NCC(C)(C)O. The van der Waals surface area contributed by atoms with E-state index in [0.29, 0.717) is 11.7 Å². The number of hydrogen-bond acceptors (Lipinski definition) is 7. The molecule has 1 aromatic rings. The fourth-order valence-electron chi connectivity index (χ4n) is 5.35. The standard InChI is InChI=1S/C27H37F2N5O3S/c1-14(16-5-6-16)32-21-11-19(24(28)29)20(12-30-21)23(38)22(26(36)34-17-7-8-18(34)10-9-17)33-15(2)25(35)31-13-27(3,4)37/h11-12,14,16-18,22,24,37H,5-10,13H2,1-4H3,(H,30,32)(H,31,35)/b33-15+/t14-,17?,18?,22?/m0/s1. The first kappa shape index (κ1) is 28.5. The zero-order valence-corrected chi connectivity index (χ0v) is 23.2. The van der Waals surface area contributed by atoms with Crippen LogP contribution in [0.4, 0.5) is 14.6 Å². The molecule has 3 aliphatic rings. The van der Waals surface area contributed by atoms with Gasteiger partial charge in [-0.1, -0.05) is 12.2 Å². The number of hydrogen-bond donors (Lipinski definition) is 3. The molecule has 4 rings (SSSR count). The molecule has 2 atom stereocenters. The number of aromatic nitrogens is 1. The highest BCUT2D eigenvalue weighted by Gasteiger charge is 2.45. The minimum Gasteiger partial charge on any atom is -0.389 e. The van der Waals surface area contributed by atoms with E-state index in [1.54, 1.807) is 18.7 Å². The van der Waals surface area contributed by atoms with E-state index < -0.39 is 24.0 Å². The van der Waals surface area contributed by atoms with E-state index in [4.69, 9.17) is 12.2 Å². The van der Waals surface area contributed by atoms with Gasteiger partial charge in [-0.3, -0.25) is 14.6 Å². The van der Waals surface area contributed by atoms with Gasteiger partial charge in [-0.2, -0.15) is 0 Å². The van der Waals surface area contributed by atoms with Crippen molar-refractivity contribution in [1.82, 2.24) is 15.2 Å². The fourth-order valence-corrected chi connectivity index (χ4v) is 5.67. The van der Waals surface area contributed by atoms with Gasteiger partial charge in [0, 0.05) is 42.0 Å². The predicted octanol–water partition coefficient (Wildman–Crippen LogP) is 3.82. The molecule has 1 aliphatic carbocycles. The normalized spacial score (nSPS) is 22.9. The third-order valence-electron chi connectivity index (χ3n) is 7.66. The highest BCUT2D eigenvalue weighted by molar-refractivity contribution is 7.81. The van der Waals surface area contributed by atoms with Crippen LogP contribution in [0.15, 0.2) is 17.3 Å². The van der Waals surface area contributed by atoms with E-state index in [1.807, 2.05) is 6.92 Å². The number of pyridine rings is 1. The number of nitrogens with zero attached hydrogens (tertiary/aromatic N) is 3. The molecule has 2 saturated heterocycles. The number of thiocarbonyl (C=S) groups is 1. The summed E-state index contributed by atoms with van der Waals surface area (Å²) in [7, 11) is 0. The van der Waals surface area contributed by atoms with Crippen molar-refractivity contribution in [2.45, 2.75) is 102 Å². The van der Waals surface area contributed by atoms with Crippen LogP contribution in [0.2, 0.25) is 0 Å². The smallest absolute Gasteiger partial charge is 0.265 e. The number of aliphatic hydroxyl groups is 1. The van der Waals surface area contributed by atoms with Crippen LogP contribution in [0.5, 0.6) is 0 Å². The average molecular weight is 550 g/mol. The molecule has 3 heterocycles. The number of halogens is 2. The molecule has 3 fully saturated rings. The van der Waals surface area contributed by atoms with E-state index in [1.165, 1.54) is 19.2 Å². The Balaban J connectivity index is 1.64. The first-order valence-electron chi connectivity index (χ1n) is 13.3. The summed E-state index contributed by atoms with van der Waals surface area (Å²) in [5.74, 6) is -0.111. The van der Waals surface area contributed by atoms with Gasteiger partial charge in [0.25, 0.3) is 18.2 Å². The number of carbonyl (C=O) groups is 2. The Morgan fingerprint density at radius 2 is 1.82 bits per heavy atom. The fraction of sp³-hybridized carbons (Fsp3) is 0.667. The van der Waals surface area contributed by atoms with Crippen LogP contribution in [0.25, 0.3) is 0 Å². The molecule has 3 N–H and O–H groups in total. The van der Waals surface area contributed by atoms with Crippen molar-refractivity contribution in [3.8, 4) is 0 Å². The molecule has 1 saturated carbocycles. The number of rotatable bonds is 11. The summed E-state index contributed by atoms with van der Waals surface area (Å²) in [6.45, 7) is 6.52. The van der Waals surface area contributed by atoms with Gasteiger partial charge in [-0.25, -0.2) is 13.8 Å². The maximum Gasteiger partial charge on any atom is 0.265 e. The molecule has 11 heteroatoms. The molecule has 1 aromatic heterocycles.